The van der Waals surface area contributed by atoms with Crippen molar-refractivity contribution in [3.63, 3.8) is 0 Å². The summed E-state index contributed by atoms with van der Waals surface area (Å²) < 4.78 is 1.99. The average molecular weight is 266 g/mol. The Morgan fingerprint density at radius 2 is 1.84 bits per heavy atom. The minimum Gasteiger partial charge on any atom is -0.357 e. The van der Waals surface area contributed by atoms with E-state index in [0.717, 1.165) is 12.1 Å². The Labute approximate surface area is 118 Å². The first-order valence-electron chi connectivity index (χ1n) is 7.24. The van der Waals surface area contributed by atoms with E-state index >= 15 is 0 Å². The van der Waals surface area contributed by atoms with Gasteiger partial charge in [0.05, 0.1) is 5.69 Å². The van der Waals surface area contributed by atoms with Crippen LogP contribution in [0.25, 0.3) is 0 Å². The molecule has 0 saturated heterocycles. The van der Waals surface area contributed by atoms with Crippen LogP contribution < -0.4 is 10.6 Å². The van der Waals surface area contributed by atoms with Gasteiger partial charge in [-0.25, -0.2) is 0 Å². The van der Waals surface area contributed by atoms with Crippen molar-refractivity contribution in [3.05, 3.63) is 11.3 Å². The molecular weight excluding hydrogens is 236 g/mol. The molecule has 0 aliphatic carbocycles. The van der Waals surface area contributed by atoms with Crippen LogP contribution in [0.1, 0.15) is 45.4 Å². The molecule has 0 aromatic carbocycles. The molecule has 1 rings (SSSR count). The molecule has 4 heteroatoms. The maximum Gasteiger partial charge on any atom is 0.130 e. The molecule has 1 aromatic heterocycles. The number of hydrogen-bond donors (Lipinski definition) is 1. The molecule has 0 spiro atoms. The van der Waals surface area contributed by atoms with Crippen LogP contribution in [0.2, 0.25) is 0 Å². The lowest BCUT2D eigenvalue weighted by molar-refractivity contribution is 0.496. The lowest BCUT2D eigenvalue weighted by atomic mass is 10.0. The maximum atomic E-state index is 5.97. The summed E-state index contributed by atoms with van der Waals surface area (Å²) in [6.07, 6.45) is 2.06. The second-order valence-corrected chi connectivity index (χ2v) is 6.28. The SMILES string of the molecule is Cc1nn(C)c(N(C)C(C)CC(C)C)c1CC(C)N. The van der Waals surface area contributed by atoms with Gasteiger partial charge in [0.15, 0.2) is 0 Å². The molecule has 0 fully saturated rings. The van der Waals surface area contributed by atoms with Crippen LogP contribution in [0.3, 0.4) is 0 Å². The Bertz CT molecular complexity index is 407. The van der Waals surface area contributed by atoms with Gasteiger partial charge in [-0.2, -0.15) is 5.10 Å². The van der Waals surface area contributed by atoms with Crippen molar-refractivity contribution in [1.29, 1.82) is 0 Å². The lowest BCUT2D eigenvalue weighted by Gasteiger charge is -2.29. The molecule has 110 valence electrons. The van der Waals surface area contributed by atoms with Gasteiger partial charge in [-0.15, -0.1) is 0 Å². The standard InChI is InChI=1S/C15H30N4/c1-10(2)8-12(4)18(6)15-14(9-11(3)16)13(5)17-19(15)7/h10-12H,8-9,16H2,1-7H3. The van der Waals surface area contributed by atoms with E-state index in [-0.39, 0.29) is 6.04 Å². The number of rotatable bonds is 6. The highest BCUT2D eigenvalue weighted by Crippen LogP contribution is 2.26. The molecule has 0 bridgehead atoms. The molecule has 1 heterocycles. The summed E-state index contributed by atoms with van der Waals surface area (Å²) in [7, 11) is 4.18. The van der Waals surface area contributed by atoms with Crippen LogP contribution in [0, 0.1) is 12.8 Å². The summed E-state index contributed by atoms with van der Waals surface area (Å²) in [6, 6.07) is 0.664. The first-order chi connectivity index (χ1) is 8.73. The van der Waals surface area contributed by atoms with E-state index in [1.165, 1.54) is 17.8 Å². The molecular formula is C15H30N4. The zero-order valence-corrected chi connectivity index (χ0v) is 13.6. The Kier molecular flexibility index (Phi) is 5.41. The number of anilines is 1. The Hall–Kier alpha value is -1.03. The van der Waals surface area contributed by atoms with Crippen molar-refractivity contribution in [2.45, 2.75) is 59.5 Å². The van der Waals surface area contributed by atoms with E-state index in [1.54, 1.807) is 0 Å². The molecule has 2 atom stereocenters. The number of hydrogen-bond acceptors (Lipinski definition) is 3. The maximum absolute atomic E-state index is 5.97. The molecule has 0 radical (unpaired) electrons. The van der Waals surface area contributed by atoms with E-state index in [4.69, 9.17) is 5.73 Å². The second kappa shape index (κ2) is 6.42. The molecule has 0 saturated carbocycles. The quantitative estimate of drug-likeness (QED) is 0.860. The first kappa shape index (κ1) is 16.0. The largest absolute Gasteiger partial charge is 0.357 e. The van der Waals surface area contributed by atoms with Crippen LogP contribution in [-0.2, 0) is 13.5 Å². The predicted octanol–water partition coefficient (Wildman–Crippen LogP) is 2.49. The highest BCUT2D eigenvalue weighted by atomic mass is 15.4. The highest BCUT2D eigenvalue weighted by Gasteiger charge is 2.21. The van der Waals surface area contributed by atoms with Gasteiger partial charge >= 0.3 is 0 Å². The third kappa shape index (κ3) is 3.96. The molecule has 0 aliphatic heterocycles. The minimum absolute atomic E-state index is 0.162. The van der Waals surface area contributed by atoms with Gasteiger partial charge in [-0.1, -0.05) is 13.8 Å². The fourth-order valence-corrected chi connectivity index (χ4v) is 2.74. The van der Waals surface area contributed by atoms with Gasteiger partial charge in [0.1, 0.15) is 5.82 Å². The van der Waals surface area contributed by atoms with Gasteiger partial charge in [0.25, 0.3) is 0 Å². The van der Waals surface area contributed by atoms with Gasteiger partial charge in [-0.05, 0) is 39.5 Å². The first-order valence-corrected chi connectivity index (χ1v) is 7.24. The second-order valence-electron chi connectivity index (χ2n) is 6.28. The molecule has 2 unspecified atom stereocenters. The third-order valence-corrected chi connectivity index (χ3v) is 3.65. The van der Waals surface area contributed by atoms with Gasteiger partial charge in [0, 0.05) is 31.7 Å². The number of nitrogens with two attached hydrogens (primary N) is 1. The summed E-state index contributed by atoms with van der Waals surface area (Å²) in [6.45, 7) is 10.9. The Balaban J connectivity index is 3.04. The van der Waals surface area contributed by atoms with Crippen LogP contribution in [0.4, 0.5) is 5.82 Å². The van der Waals surface area contributed by atoms with E-state index in [2.05, 4.69) is 44.7 Å². The molecule has 0 aliphatic rings. The van der Waals surface area contributed by atoms with Crippen LogP contribution in [-0.4, -0.2) is 28.9 Å². The van der Waals surface area contributed by atoms with Crippen LogP contribution >= 0.6 is 0 Å². The Morgan fingerprint density at radius 1 is 1.26 bits per heavy atom. The average Bonchev–Trinajstić information content (AvgIpc) is 2.51. The third-order valence-electron chi connectivity index (χ3n) is 3.65. The molecule has 19 heavy (non-hydrogen) atoms. The number of aromatic nitrogens is 2. The summed E-state index contributed by atoms with van der Waals surface area (Å²) >= 11 is 0. The number of aryl methyl sites for hydroxylation is 2. The fourth-order valence-electron chi connectivity index (χ4n) is 2.74. The number of nitrogens with zero attached hydrogens (tertiary/aromatic N) is 3. The van der Waals surface area contributed by atoms with Gasteiger partial charge < -0.3 is 10.6 Å². The van der Waals surface area contributed by atoms with E-state index in [9.17, 15) is 0 Å². The van der Waals surface area contributed by atoms with Crippen molar-refractivity contribution < 1.29 is 0 Å². The molecule has 4 nitrogen and oxygen atoms in total. The van der Waals surface area contributed by atoms with Gasteiger partial charge in [0.2, 0.25) is 0 Å². The van der Waals surface area contributed by atoms with E-state index in [1.807, 2.05) is 18.7 Å². The van der Waals surface area contributed by atoms with Crippen LogP contribution in [0.5, 0.6) is 0 Å². The monoisotopic (exact) mass is 266 g/mol. The van der Waals surface area contributed by atoms with Crippen LogP contribution in [0.15, 0.2) is 0 Å². The Morgan fingerprint density at radius 3 is 2.32 bits per heavy atom. The smallest absolute Gasteiger partial charge is 0.130 e. The van der Waals surface area contributed by atoms with Gasteiger partial charge in [-0.3, -0.25) is 4.68 Å². The summed E-state index contributed by atoms with van der Waals surface area (Å²) in [5.41, 5.74) is 8.36. The predicted molar refractivity (Wildman–Crippen MR) is 82.6 cm³/mol. The summed E-state index contributed by atoms with van der Waals surface area (Å²) in [4.78, 5) is 2.34. The van der Waals surface area contributed by atoms with E-state index in [0.29, 0.717) is 12.0 Å². The van der Waals surface area contributed by atoms with Crippen molar-refractivity contribution in [3.8, 4) is 0 Å². The zero-order chi connectivity index (χ0) is 14.7. The van der Waals surface area contributed by atoms with E-state index < -0.39 is 0 Å². The highest BCUT2D eigenvalue weighted by molar-refractivity contribution is 5.50. The van der Waals surface area contributed by atoms with Crippen molar-refractivity contribution in [2.75, 3.05) is 11.9 Å². The minimum atomic E-state index is 0.162. The molecule has 1 aromatic rings. The lowest BCUT2D eigenvalue weighted by Crippen LogP contribution is -2.33. The topological polar surface area (TPSA) is 47.1 Å². The fraction of sp³-hybridized carbons (Fsp3) is 0.800. The summed E-state index contributed by atoms with van der Waals surface area (Å²) in [5.74, 6) is 1.91. The molecule has 2 N–H and O–H groups in total. The summed E-state index contributed by atoms with van der Waals surface area (Å²) in [5, 5.41) is 4.57. The molecule has 0 amide bonds. The van der Waals surface area contributed by atoms with Crippen molar-refractivity contribution in [2.24, 2.45) is 18.7 Å². The zero-order valence-electron chi connectivity index (χ0n) is 13.6. The van der Waals surface area contributed by atoms with Crippen molar-refractivity contribution >= 4 is 5.82 Å². The normalized spacial score (nSPS) is 14.8. The van der Waals surface area contributed by atoms with Crippen molar-refractivity contribution in [1.82, 2.24) is 9.78 Å².